The summed E-state index contributed by atoms with van der Waals surface area (Å²) in [6, 6.07) is 4.34. The standard InChI is InChI=1S/C15H24N2O/c1-2-12-5-3-4-6-14(12)17-11-15(18)13-7-9-16-10-8-13/h7-10,12,14-15,17-18H,2-6,11H2,1H3. The SMILES string of the molecule is CCC1CCCCC1NCC(O)c1ccncc1. The molecule has 0 amide bonds. The van der Waals surface area contributed by atoms with Crippen molar-refractivity contribution in [2.45, 2.75) is 51.2 Å². The number of pyridine rings is 1. The number of hydrogen-bond acceptors (Lipinski definition) is 3. The summed E-state index contributed by atoms with van der Waals surface area (Å²) >= 11 is 0. The van der Waals surface area contributed by atoms with Crippen LogP contribution in [-0.2, 0) is 0 Å². The summed E-state index contributed by atoms with van der Waals surface area (Å²) in [5.41, 5.74) is 0.946. The zero-order valence-corrected chi connectivity index (χ0v) is 11.2. The first-order valence-corrected chi connectivity index (χ1v) is 7.12. The molecule has 1 aliphatic rings. The zero-order valence-electron chi connectivity index (χ0n) is 11.2. The van der Waals surface area contributed by atoms with Crippen LogP contribution >= 0.6 is 0 Å². The van der Waals surface area contributed by atoms with Gasteiger partial charge in [-0.2, -0.15) is 0 Å². The molecule has 3 unspecified atom stereocenters. The number of hydrogen-bond donors (Lipinski definition) is 2. The lowest BCUT2D eigenvalue weighted by molar-refractivity contribution is 0.154. The summed E-state index contributed by atoms with van der Waals surface area (Å²) in [6.45, 7) is 2.91. The molecule has 1 aromatic heterocycles. The molecule has 2 rings (SSSR count). The summed E-state index contributed by atoms with van der Waals surface area (Å²) in [6.07, 6.45) is 9.54. The fraction of sp³-hybridized carbons (Fsp3) is 0.667. The Labute approximate surface area is 110 Å². The Balaban J connectivity index is 1.83. The first kappa shape index (κ1) is 13.5. The Kier molecular flexibility index (Phi) is 5.14. The van der Waals surface area contributed by atoms with Gasteiger partial charge >= 0.3 is 0 Å². The van der Waals surface area contributed by atoms with Gasteiger partial charge in [0.05, 0.1) is 6.10 Å². The van der Waals surface area contributed by atoms with Crippen LogP contribution in [0.4, 0.5) is 0 Å². The number of nitrogens with one attached hydrogen (secondary N) is 1. The number of rotatable bonds is 5. The second kappa shape index (κ2) is 6.86. The van der Waals surface area contributed by atoms with Gasteiger partial charge in [0.2, 0.25) is 0 Å². The highest BCUT2D eigenvalue weighted by atomic mass is 16.3. The molecule has 1 saturated carbocycles. The number of aliphatic hydroxyl groups excluding tert-OH is 1. The van der Waals surface area contributed by atoms with E-state index in [0.29, 0.717) is 12.6 Å². The normalized spacial score (nSPS) is 25.9. The predicted molar refractivity (Wildman–Crippen MR) is 73.2 cm³/mol. The predicted octanol–water partition coefficient (Wildman–Crippen LogP) is 2.67. The molecule has 0 aromatic carbocycles. The van der Waals surface area contributed by atoms with E-state index in [1.807, 2.05) is 12.1 Å². The molecule has 2 N–H and O–H groups in total. The summed E-state index contributed by atoms with van der Waals surface area (Å²) in [4.78, 5) is 3.97. The van der Waals surface area contributed by atoms with Crippen LogP contribution < -0.4 is 5.32 Å². The second-order valence-corrected chi connectivity index (χ2v) is 5.26. The van der Waals surface area contributed by atoms with Crippen LogP contribution in [0.5, 0.6) is 0 Å². The monoisotopic (exact) mass is 248 g/mol. The quantitative estimate of drug-likeness (QED) is 0.842. The first-order valence-electron chi connectivity index (χ1n) is 7.12. The van der Waals surface area contributed by atoms with Gasteiger partial charge in [-0.15, -0.1) is 0 Å². The summed E-state index contributed by atoms with van der Waals surface area (Å²) < 4.78 is 0. The Morgan fingerprint density at radius 1 is 1.33 bits per heavy atom. The van der Waals surface area contributed by atoms with E-state index in [-0.39, 0.29) is 0 Å². The molecule has 18 heavy (non-hydrogen) atoms. The van der Waals surface area contributed by atoms with Crippen molar-refractivity contribution in [3.8, 4) is 0 Å². The summed E-state index contributed by atoms with van der Waals surface area (Å²) in [5.74, 6) is 0.781. The number of aliphatic hydroxyl groups is 1. The van der Waals surface area contributed by atoms with Crippen LogP contribution in [0.3, 0.4) is 0 Å². The fourth-order valence-corrected chi connectivity index (χ4v) is 2.93. The molecule has 0 spiro atoms. The van der Waals surface area contributed by atoms with Crippen molar-refractivity contribution in [2.75, 3.05) is 6.54 Å². The molecule has 3 nitrogen and oxygen atoms in total. The third-order valence-electron chi connectivity index (χ3n) is 4.10. The van der Waals surface area contributed by atoms with Gasteiger partial charge in [0.1, 0.15) is 0 Å². The van der Waals surface area contributed by atoms with E-state index in [1.165, 1.54) is 32.1 Å². The molecule has 0 aliphatic heterocycles. The average Bonchev–Trinajstić information content (AvgIpc) is 2.46. The van der Waals surface area contributed by atoms with Gasteiger partial charge in [-0.05, 0) is 36.5 Å². The lowest BCUT2D eigenvalue weighted by Crippen LogP contribution is -2.40. The van der Waals surface area contributed by atoms with E-state index >= 15 is 0 Å². The van der Waals surface area contributed by atoms with Crippen molar-refractivity contribution in [1.82, 2.24) is 10.3 Å². The lowest BCUT2D eigenvalue weighted by atomic mass is 9.83. The molecule has 0 radical (unpaired) electrons. The van der Waals surface area contributed by atoms with Gasteiger partial charge in [-0.3, -0.25) is 4.98 Å². The Morgan fingerprint density at radius 3 is 2.78 bits per heavy atom. The van der Waals surface area contributed by atoms with Crippen LogP contribution in [0.1, 0.15) is 50.7 Å². The summed E-state index contributed by atoms with van der Waals surface area (Å²) in [5, 5.41) is 13.7. The van der Waals surface area contributed by atoms with Crippen molar-refractivity contribution >= 4 is 0 Å². The molecule has 3 heteroatoms. The van der Waals surface area contributed by atoms with Gasteiger partial charge in [0.15, 0.2) is 0 Å². The lowest BCUT2D eigenvalue weighted by Gasteiger charge is -2.32. The number of aromatic nitrogens is 1. The molecule has 1 aliphatic carbocycles. The van der Waals surface area contributed by atoms with E-state index in [9.17, 15) is 5.11 Å². The highest BCUT2D eigenvalue weighted by Gasteiger charge is 2.23. The average molecular weight is 248 g/mol. The van der Waals surface area contributed by atoms with E-state index in [1.54, 1.807) is 12.4 Å². The van der Waals surface area contributed by atoms with Crippen LogP contribution in [0.15, 0.2) is 24.5 Å². The maximum Gasteiger partial charge on any atom is 0.0915 e. The van der Waals surface area contributed by atoms with Crippen molar-refractivity contribution in [3.63, 3.8) is 0 Å². The van der Waals surface area contributed by atoms with E-state index in [2.05, 4.69) is 17.2 Å². The van der Waals surface area contributed by atoms with E-state index in [0.717, 1.165) is 11.5 Å². The Hall–Kier alpha value is -0.930. The first-order chi connectivity index (χ1) is 8.81. The van der Waals surface area contributed by atoms with Gasteiger partial charge in [0.25, 0.3) is 0 Å². The molecule has 1 aromatic rings. The molecule has 0 saturated heterocycles. The number of nitrogens with zero attached hydrogens (tertiary/aromatic N) is 1. The molecule has 3 atom stereocenters. The van der Waals surface area contributed by atoms with Gasteiger partial charge < -0.3 is 10.4 Å². The van der Waals surface area contributed by atoms with Gasteiger partial charge in [-0.25, -0.2) is 0 Å². The minimum absolute atomic E-state index is 0.424. The smallest absolute Gasteiger partial charge is 0.0915 e. The third kappa shape index (κ3) is 3.53. The maximum atomic E-state index is 10.1. The molecular formula is C15H24N2O. The van der Waals surface area contributed by atoms with E-state index in [4.69, 9.17) is 0 Å². The molecule has 1 fully saturated rings. The minimum Gasteiger partial charge on any atom is -0.387 e. The minimum atomic E-state index is -0.424. The van der Waals surface area contributed by atoms with Crippen molar-refractivity contribution in [3.05, 3.63) is 30.1 Å². The highest BCUT2D eigenvalue weighted by Crippen LogP contribution is 2.27. The van der Waals surface area contributed by atoms with Gasteiger partial charge in [0, 0.05) is 25.0 Å². The fourth-order valence-electron chi connectivity index (χ4n) is 2.93. The van der Waals surface area contributed by atoms with Crippen molar-refractivity contribution in [2.24, 2.45) is 5.92 Å². The van der Waals surface area contributed by atoms with E-state index < -0.39 is 6.10 Å². The topological polar surface area (TPSA) is 45.1 Å². The van der Waals surface area contributed by atoms with Crippen LogP contribution in [0, 0.1) is 5.92 Å². The third-order valence-corrected chi connectivity index (χ3v) is 4.10. The van der Waals surface area contributed by atoms with Crippen molar-refractivity contribution in [1.29, 1.82) is 0 Å². The molecule has 100 valence electrons. The van der Waals surface area contributed by atoms with Gasteiger partial charge in [-0.1, -0.05) is 26.2 Å². The van der Waals surface area contributed by atoms with Crippen LogP contribution in [0.2, 0.25) is 0 Å². The highest BCUT2D eigenvalue weighted by molar-refractivity contribution is 5.13. The maximum absolute atomic E-state index is 10.1. The largest absolute Gasteiger partial charge is 0.387 e. The molecule has 1 heterocycles. The van der Waals surface area contributed by atoms with Crippen LogP contribution in [0.25, 0.3) is 0 Å². The molecular weight excluding hydrogens is 224 g/mol. The Bertz CT molecular complexity index is 342. The zero-order chi connectivity index (χ0) is 12.8. The second-order valence-electron chi connectivity index (χ2n) is 5.26. The summed E-state index contributed by atoms with van der Waals surface area (Å²) in [7, 11) is 0. The Morgan fingerprint density at radius 2 is 2.06 bits per heavy atom. The molecule has 0 bridgehead atoms. The van der Waals surface area contributed by atoms with Crippen LogP contribution in [-0.4, -0.2) is 22.7 Å². The van der Waals surface area contributed by atoms with Crippen molar-refractivity contribution < 1.29 is 5.11 Å².